The van der Waals surface area contributed by atoms with Crippen LogP contribution in [0.2, 0.25) is 0 Å². The summed E-state index contributed by atoms with van der Waals surface area (Å²) in [7, 11) is 0. The van der Waals surface area contributed by atoms with Crippen molar-refractivity contribution in [3.05, 3.63) is 47.8 Å². The van der Waals surface area contributed by atoms with E-state index in [0.717, 1.165) is 48.8 Å². The van der Waals surface area contributed by atoms with Crippen molar-refractivity contribution in [1.82, 2.24) is 10.6 Å². The lowest BCUT2D eigenvalue weighted by atomic mass is 9.75. The minimum absolute atomic E-state index is 0.250. The molecule has 4 heteroatoms. The van der Waals surface area contributed by atoms with E-state index in [9.17, 15) is 0 Å². The maximum atomic E-state index is 6.43. The van der Waals surface area contributed by atoms with Gasteiger partial charge in [0, 0.05) is 23.2 Å². The maximum absolute atomic E-state index is 6.43. The molecule has 8 unspecified atom stereocenters. The van der Waals surface area contributed by atoms with Crippen molar-refractivity contribution in [3.63, 3.8) is 0 Å². The number of hydrogen-bond donors (Lipinski definition) is 2. The number of hydrogen-bond acceptors (Lipinski definition) is 4. The Labute approximate surface area is 174 Å². The van der Waals surface area contributed by atoms with E-state index in [1.807, 2.05) is 0 Å². The van der Waals surface area contributed by atoms with Crippen LogP contribution in [0.1, 0.15) is 46.0 Å². The largest absolute Gasteiger partial charge is 0.487 e. The number of ether oxygens (including phenoxy) is 1. The van der Waals surface area contributed by atoms with Crippen LogP contribution in [0.5, 0.6) is 0 Å². The predicted molar refractivity (Wildman–Crippen MR) is 118 cm³/mol. The van der Waals surface area contributed by atoms with Gasteiger partial charge in [0.2, 0.25) is 0 Å². The van der Waals surface area contributed by atoms with Gasteiger partial charge in [0.25, 0.3) is 0 Å². The lowest BCUT2D eigenvalue weighted by molar-refractivity contribution is 0.0609. The molecule has 3 nitrogen and oxygen atoms in total. The van der Waals surface area contributed by atoms with Crippen molar-refractivity contribution in [2.75, 3.05) is 6.67 Å². The van der Waals surface area contributed by atoms with Crippen LogP contribution in [-0.2, 0) is 4.74 Å². The van der Waals surface area contributed by atoms with Crippen LogP contribution in [0, 0.1) is 17.8 Å². The van der Waals surface area contributed by atoms with Crippen LogP contribution in [-0.4, -0.2) is 35.4 Å². The summed E-state index contributed by atoms with van der Waals surface area (Å²) in [5.74, 6) is 3.34. The Hall–Kier alpha value is -0.970. The molecule has 152 valence electrons. The molecule has 5 aliphatic rings. The lowest BCUT2D eigenvalue weighted by Gasteiger charge is -2.38. The second kappa shape index (κ2) is 8.04. The van der Waals surface area contributed by atoms with Gasteiger partial charge in [-0.3, -0.25) is 10.6 Å². The van der Waals surface area contributed by atoms with E-state index >= 15 is 0 Å². The molecule has 28 heavy (non-hydrogen) atoms. The summed E-state index contributed by atoms with van der Waals surface area (Å²) in [5.41, 5.74) is 1.50. The number of fused-ring (bicyclic) bond motifs is 3. The van der Waals surface area contributed by atoms with Gasteiger partial charge >= 0.3 is 0 Å². The van der Waals surface area contributed by atoms with Gasteiger partial charge in [0.1, 0.15) is 11.9 Å². The lowest BCUT2D eigenvalue weighted by Crippen LogP contribution is -2.60. The Morgan fingerprint density at radius 3 is 3.11 bits per heavy atom. The van der Waals surface area contributed by atoms with Gasteiger partial charge in [-0.2, -0.15) is 11.8 Å². The van der Waals surface area contributed by atoms with E-state index in [0.29, 0.717) is 23.3 Å². The molecule has 5 rings (SSSR count). The fourth-order valence-electron chi connectivity index (χ4n) is 5.96. The fraction of sp³-hybridized carbons (Fsp3) is 0.667. The monoisotopic (exact) mass is 398 g/mol. The van der Waals surface area contributed by atoms with E-state index in [2.05, 4.69) is 72.7 Å². The van der Waals surface area contributed by atoms with E-state index < -0.39 is 0 Å². The highest BCUT2D eigenvalue weighted by Gasteiger charge is 2.46. The van der Waals surface area contributed by atoms with Crippen molar-refractivity contribution >= 4 is 11.8 Å². The quantitative estimate of drug-likeness (QED) is 0.681. The Bertz CT molecular complexity index is 711. The number of nitrogens with one attached hydrogen (secondary N) is 2. The van der Waals surface area contributed by atoms with Gasteiger partial charge in [0.15, 0.2) is 0 Å². The van der Waals surface area contributed by atoms with Crippen LogP contribution in [0.3, 0.4) is 0 Å². The van der Waals surface area contributed by atoms with Crippen molar-refractivity contribution in [2.24, 2.45) is 17.8 Å². The number of allylic oxidation sites excluding steroid dienone is 5. The summed E-state index contributed by atoms with van der Waals surface area (Å²) in [5, 5.41) is 8.84. The minimum Gasteiger partial charge on any atom is -0.487 e. The molecule has 0 aromatic heterocycles. The summed E-state index contributed by atoms with van der Waals surface area (Å²) in [6, 6.07) is 0.848. The normalized spacial score (nSPS) is 44.5. The molecule has 0 aromatic carbocycles. The van der Waals surface area contributed by atoms with Gasteiger partial charge in [-0.15, -0.1) is 0 Å². The molecule has 8 atom stereocenters. The Kier molecular flexibility index (Phi) is 5.46. The third-order valence-corrected chi connectivity index (χ3v) is 8.91. The highest BCUT2D eigenvalue weighted by molar-refractivity contribution is 8.00. The first-order valence-corrected chi connectivity index (χ1v) is 12.2. The highest BCUT2D eigenvalue weighted by Crippen LogP contribution is 2.50. The van der Waals surface area contributed by atoms with Crippen molar-refractivity contribution in [2.45, 2.75) is 74.6 Å². The van der Waals surface area contributed by atoms with Crippen LogP contribution in [0.25, 0.3) is 0 Å². The molecule has 0 spiro atoms. The number of thioether (sulfide) groups is 1. The van der Waals surface area contributed by atoms with Gasteiger partial charge in [-0.25, -0.2) is 0 Å². The van der Waals surface area contributed by atoms with Crippen LogP contribution < -0.4 is 10.6 Å². The van der Waals surface area contributed by atoms with Crippen molar-refractivity contribution in [1.29, 1.82) is 0 Å². The smallest absolute Gasteiger partial charge is 0.133 e. The molecule has 0 saturated carbocycles. The Morgan fingerprint density at radius 1 is 1.29 bits per heavy atom. The molecule has 2 saturated heterocycles. The predicted octanol–water partition coefficient (Wildman–Crippen LogP) is 4.55. The molecule has 0 aromatic rings. The summed E-state index contributed by atoms with van der Waals surface area (Å²) in [6.45, 7) is 5.56. The zero-order chi connectivity index (χ0) is 19.1. The molecule has 2 fully saturated rings. The zero-order valence-electron chi connectivity index (χ0n) is 17.1. The first-order chi connectivity index (χ1) is 13.7. The van der Waals surface area contributed by atoms with Gasteiger partial charge in [-0.1, -0.05) is 44.2 Å². The summed E-state index contributed by atoms with van der Waals surface area (Å²) in [6.07, 6.45) is 20.6. The molecule has 0 bridgehead atoms. The summed E-state index contributed by atoms with van der Waals surface area (Å²) in [4.78, 5) is 0. The Morgan fingerprint density at radius 2 is 2.21 bits per heavy atom. The summed E-state index contributed by atoms with van der Waals surface area (Å²) < 4.78 is 6.43. The maximum Gasteiger partial charge on any atom is 0.133 e. The molecule has 2 N–H and O–H groups in total. The van der Waals surface area contributed by atoms with Gasteiger partial charge in [-0.05, 0) is 61.5 Å². The molecule has 2 aliphatic carbocycles. The topological polar surface area (TPSA) is 33.3 Å². The molecule has 0 amide bonds. The molecule has 3 aliphatic heterocycles. The van der Waals surface area contributed by atoms with Crippen LogP contribution in [0.15, 0.2) is 47.8 Å². The van der Waals surface area contributed by atoms with Gasteiger partial charge < -0.3 is 4.74 Å². The second-order valence-corrected chi connectivity index (χ2v) is 10.6. The second-order valence-electron chi connectivity index (χ2n) is 9.08. The average molecular weight is 399 g/mol. The average Bonchev–Trinajstić information content (AvgIpc) is 3.24. The SMILES string of the molecule is CC/C=C\C1C(C)SC2C=CC(CC3NCNC4C5=C(C=CCC5)OC34)CC21. The van der Waals surface area contributed by atoms with Crippen LogP contribution in [0.4, 0.5) is 0 Å². The zero-order valence-corrected chi connectivity index (χ0v) is 18.0. The van der Waals surface area contributed by atoms with Crippen molar-refractivity contribution < 1.29 is 4.74 Å². The van der Waals surface area contributed by atoms with E-state index in [1.54, 1.807) is 0 Å². The first kappa shape index (κ1) is 19.0. The van der Waals surface area contributed by atoms with Crippen LogP contribution >= 0.6 is 11.8 Å². The molecule has 3 heterocycles. The summed E-state index contributed by atoms with van der Waals surface area (Å²) >= 11 is 2.18. The molecule has 0 radical (unpaired) electrons. The van der Waals surface area contributed by atoms with E-state index in [-0.39, 0.29) is 6.10 Å². The van der Waals surface area contributed by atoms with E-state index in [1.165, 1.54) is 18.4 Å². The number of rotatable bonds is 4. The third-order valence-electron chi connectivity index (χ3n) is 7.34. The Balaban J connectivity index is 1.26. The van der Waals surface area contributed by atoms with Crippen molar-refractivity contribution in [3.8, 4) is 0 Å². The highest BCUT2D eigenvalue weighted by atomic mass is 32.2. The fourth-order valence-corrected chi connectivity index (χ4v) is 7.60. The van der Waals surface area contributed by atoms with Gasteiger partial charge in [0.05, 0.1) is 6.04 Å². The first-order valence-electron chi connectivity index (χ1n) is 11.3. The standard InChI is InChI=1S/C24H34N2OS/c1-3-4-7-17-15(2)28-22-11-10-16(12-19(17)22)13-20-24-23(26-14-25-20)18-8-5-6-9-21(18)27-24/h4,6-7,9-11,15-17,19-20,22-26H,3,5,8,12-14H2,1-2H3/b7-4-. The van der Waals surface area contributed by atoms with E-state index in [4.69, 9.17) is 4.74 Å². The molecular formula is C24H34N2OS. The molecular weight excluding hydrogens is 364 g/mol. The minimum atomic E-state index is 0.250. The third kappa shape index (κ3) is 3.42.